The summed E-state index contributed by atoms with van der Waals surface area (Å²) in [6.07, 6.45) is 0.842. The van der Waals surface area contributed by atoms with Gasteiger partial charge in [0.2, 0.25) is 0 Å². The predicted molar refractivity (Wildman–Crippen MR) is 106 cm³/mol. The smallest absolute Gasteiger partial charge is 0.255 e. The third kappa shape index (κ3) is 5.25. The van der Waals surface area contributed by atoms with E-state index in [0.717, 1.165) is 12.2 Å². The fraction of sp³-hybridized carbons (Fsp3) is 0.0952. The summed E-state index contributed by atoms with van der Waals surface area (Å²) in [6, 6.07) is 22.1. The Morgan fingerprint density at radius 2 is 1.54 bits per heavy atom. The van der Waals surface area contributed by atoms with Crippen molar-refractivity contribution in [3.05, 3.63) is 94.0 Å². The molecular formula is C21H17Cl2NO2. The number of hydrogen-bond acceptors (Lipinski definition) is 2. The van der Waals surface area contributed by atoms with Crippen molar-refractivity contribution in [1.82, 2.24) is 0 Å². The Labute approximate surface area is 162 Å². The van der Waals surface area contributed by atoms with E-state index < -0.39 is 0 Å². The first-order valence-electron chi connectivity index (χ1n) is 8.14. The van der Waals surface area contributed by atoms with E-state index in [2.05, 4.69) is 17.4 Å². The largest absolute Gasteiger partial charge is 0.493 e. The summed E-state index contributed by atoms with van der Waals surface area (Å²) < 4.78 is 5.74. The molecule has 3 aromatic rings. The molecule has 0 atom stereocenters. The summed E-state index contributed by atoms with van der Waals surface area (Å²) in [7, 11) is 0. The number of ether oxygens (including phenoxy) is 1. The molecule has 0 aliphatic heterocycles. The average Bonchev–Trinajstić information content (AvgIpc) is 2.63. The van der Waals surface area contributed by atoms with Crippen molar-refractivity contribution in [2.75, 3.05) is 11.9 Å². The van der Waals surface area contributed by atoms with Gasteiger partial charge >= 0.3 is 0 Å². The van der Waals surface area contributed by atoms with Crippen molar-refractivity contribution in [3.8, 4) is 5.75 Å². The van der Waals surface area contributed by atoms with E-state index in [4.69, 9.17) is 27.9 Å². The van der Waals surface area contributed by atoms with Crippen LogP contribution >= 0.6 is 23.2 Å². The Morgan fingerprint density at radius 1 is 0.885 bits per heavy atom. The lowest BCUT2D eigenvalue weighted by atomic mass is 10.2. The van der Waals surface area contributed by atoms with Gasteiger partial charge in [0.15, 0.2) is 0 Å². The number of amides is 1. The highest BCUT2D eigenvalue weighted by atomic mass is 35.5. The Balaban J connectivity index is 1.54. The van der Waals surface area contributed by atoms with Gasteiger partial charge in [-0.1, -0.05) is 53.5 Å². The molecule has 0 aliphatic rings. The molecule has 132 valence electrons. The minimum absolute atomic E-state index is 0.271. The van der Waals surface area contributed by atoms with Gasteiger partial charge in [-0.2, -0.15) is 0 Å². The van der Waals surface area contributed by atoms with Gasteiger partial charge in [-0.15, -0.1) is 0 Å². The molecule has 0 fully saturated rings. The van der Waals surface area contributed by atoms with Crippen LogP contribution in [0.2, 0.25) is 10.0 Å². The van der Waals surface area contributed by atoms with Crippen LogP contribution in [0.25, 0.3) is 0 Å². The molecule has 1 N–H and O–H groups in total. The van der Waals surface area contributed by atoms with Crippen molar-refractivity contribution >= 4 is 34.8 Å². The first-order valence-corrected chi connectivity index (χ1v) is 8.90. The Bertz CT molecular complexity index is 860. The number of anilines is 1. The topological polar surface area (TPSA) is 38.3 Å². The summed E-state index contributed by atoms with van der Waals surface area (Å²) in [6.45, 7) is 0.594. The number of nitrogens with one attached hydrogen (secondary N) is 1. The number of halogens is 2. The molecule has 3 aromatic carbocycles. The second-order valence-electron chi connectivity index (χ2n) is 5.72. The second kappa shape index (κ2) is 8.75. The zero-order valence-electron chi connectivity index (χ0n) is 13.9. The SMILES string of the molecule is O=C(Nc1ccc(OCCc2ccccc2)cc1)c1cc(Cl)cc(Cl)c1. The molecule has 26 heavy (non-hydrogen) atoms. The highest BCUT2D eigenvalue weighted by Crippen LogP contribution is 2.21. The molecule has 0 heterocycles. The van der Waals surface area contributed by atoms with Crippen molar-refractivity contribution < 1.29 is 9.53 Å². The van der Waals surface area contributed by atoms with E-state index in [0.29, 0.717) is 27.9 Å². The Morgan fingerprint density at radius 3 is 2.19 bits per heavy atom. The molecule has 0 saturated heterocycles. The van der Waals surface area contributed by atoms with Crippen LogP contribution < -0.4 is 10.1 Å². The summed E-state index contributed by atoms with van der Waals surface area (Å²) in [5, 5.41) is 3.65. The number of rotatable bonds is 6. The van der Waals surface area contributed by atoms with Crippen molar-refractivity contribution in [3.63, 3.8) is 0 Å². The van der Waals surface area contributed by atoms with E-state index in [1.165, 1.54) is 5.56 Å². The lowest BCUT2D eigenvalue weighted by Gasteiger charge is -2.09. The van der Waals surface area contributed by atoms with E-state index in [1.807, 2.05) is 30.3 Å². The summed E-state index contributed by atoms with van der Waals surface area (Å²) in [5.41, 5.74) is 2.31. The van der Waals surface area contributed by atoms with Gasteiger partial charge in [0.25, 0.3) is 5.91 Å². The van der Waals surface area contributed by atoms with Crippen LogP contribution in [0, 0.1) is 0 Å². The number of hydrogen-bond donors (Lipinski definition) is 1. The molecule has 1 amide bonds. The lowest BCUT2D eigenvalue weighted by molar-refractivity contribution is 0.102. The highest BCUT2D eigenvalue weighted by Gasteiger charge is 2.08. The highest BCUT2D eigenvalue weighted by molar-refractivity contribution is 6.35. The van der Waals surface area contributed by atoms with Crippen LogP contribution in [0.3, 0.4) is 0 Å². The third-order valence-electron chi connectivity index (χ3n) is 3.74. The van der Waals surface area contributed by atoms with Crippen LogP contribution in [0.5, 0.6) is 5.75 Å². The van der Waals surface area contributed by atoms with E-state index in [1.54, 1.807) is 30.3 Å². The molecule has 5 heteroatoms. The number of carbonyl (C=O) groups is 1. The van der Waals surface area contributed by atoms with Gasteiger partial charge in [0.05, 0.1) is 6.61 Å². The maximum atomic E-state index is 12.3. The zero-order valence-corrected chi connectivity index (χ0v) is 15.4. The molecule has 3 rings (SSSR count). The monoisotopic (exact) mass is 385 g/mol. The fourth-order valence-corrected chi connectivity index (χ4v) is 2.98. The summed E-state index contributed by atoms with van der Waals surface area (Å²) >= 11 is 11.9. The molecule has 3 nitrogen and oxygen atoms in total. The molecular weight excluding hydrogens is 369 g/mol. The summed E-state index contributed by atoms with van der Waals surface area (Å²) in [4.78, 5) is 12.3. The predicted octanol–water partition coefficient (Wildman–Crippen LogP) is 5.87. The van der Waals surface area contributed by atoms with Crippen molar-refractivity contribution in [1.29, 1.82) is 0 Å². The molecule has 0 bridgehead atoms. The third-order valence-corrected chi connectivity index (χ3v) is 4.18. The van der Waals surface area contributed by atoms with Crippen LogP contribution in [-0.4, -0.2) is 12.5 Å². The van der Waals surface area contributed by atoms with Crippen LogP contribution in [0.4, 0.5) is 5.69 Å². The quantitative estimate of drug-likeness (QED) is 0.576. The molecule has 0 aromatic heterocycles. The second-order valence-corrected chi connectivity index (χ2v) is 6.59. The first kappa shape index (κ1) is 18.3. The van der Waals surface area contributed by atoms with Gasteiger partial charge in [-0.05, 0) is 48.0 Å². The van der Waals surface area contributed by atoms with Crippen LogP contribution in [0.15, 0.2) is 72.8 Å². The van der Waals surface area contributed by atoms with E-state index >= 15 is 0 Å². The maximum Gasteiger partial charge on any atom is 0.255 e. The molecule has 0 aliphatic carbocycles. The molecule has 0 saturated carbocycles. The minimum Gasteiger partial charge on any atom is -0.493 e. The van der Waals surface area contributed by atoms with Gasteiger partial charge in [0, 0.05) is 27.7 Å². The number of carbonyl (C=O) groups excluding carboxylic acids is 1. The van der Waals surface area contributed by atoms with E-state index in [-0.39, 0.29) is 5.91 Å². The van der Waals surface area contributed by atoms with Gasteiger partial charge in [0.1, 0.15) is 5.75 Å². The fourth-order valence-electron chi connectivity index (χ4n) is 2.45. The minimum atomic E-state index is -0.271. The van der Waals surface area contributed by atoms with Gasteiger partial charge < -0.3 is 10.1 Å². The standard InChI is InChI=1S/C21H17Cl2NO2/c22-17-12-16(13-18(23)14-17)21(25)24-19-6-8-20(9-7-19)26-11-10-15-4-2-1-3-5-15/h1-9,12-14H,10-11H2,(H,24,25). The first-order chi connectivity index (χ1) is 12.6. The van der Waals surface area contributed by atoms with Crippen LogP contribution in [-0.2, 0) is 6.42 Å². The van der Waals surface area contributed by atoms with Gasteiger partial charge in [-0.25, -0.2) is 0 Å². The van der Waals surface area contributed by atoms with Crippen LogP contribution in [0.1, 0.15) is 15.9 Å². The van der Waals surface area contributed by atoms with E-state index in [9.17, 15) is 4.79 Å². The maximum absolute atomic E-state index is 12.3. The Hall–Kier alpha value is -2.49. The average molecular weight is 386 g/mol. The molecule has 0 spiro atoms. The lowest BCUT2D eigenvalue weighted by Crippen LogP contribution is -2.11. The van der Waals surface area contributed by atoms with Crippen molar-refractivity contribution in [2.45, 2.75) is 6.42 Å². The van der Waals surface area contributed by atoms with Gasteiger partial charge in [-0.3, -0.25) is 4.79 Å². The summed E-state index contributed by atoms with van der Waals surface area (Å²) in [5.74, 6) is 0.483. The Kier molecular flexibility index (Phi) is 6.16. The number of benzene rings is 3. The zero-order chi connectivity index (χ0) is 18.4. The normalized spacial score (nSPS) is 10.4. The van der Waals surface area contributed by atoms with Crippen molar-refractivity contribution in [2.24, 2.45) is 0 Å². The molecule has 0 unspecified atom stereocenters. The molecule has 0 radical (unpaired) electrons.